The lowest BCUT2D eigenvalue weighted by atomic mass is 9.80. The minimum Gasteiger partial charge on any atom is -0.493 e. The average molecular weight is 501 g/mol. The fourth-order valence-electron chi connectivity index (χ4n) is 4.94. The topological polar surface area (TPSA) is 91.4 Å². The predicted octanol–water partition coefficient (Wildman–Crippen LogP) is 4.70. The highest BCUT2D eigenvalue weighted by atomic mass is 16.5. The van der Waals surface area contributed by atoms with Gasteiger partial charge in [-0.05, 0) is 53.4 Å². The smallest absolute Gasteiger partial charge is 0.283 e. The Morgan fingerprint density at radius 3 is 2.38 bits per heavy atom. The van der Waals surface area contributed by atoms with E-state index in [0.717, 1.165) is 71.6 Å². The monoisotopic (exact) mass is 500 g/mol. The molecular formula is C29H32N4O4. The van der Waals surface area contributed by atoms with E-state index < -0.39 is 5.54 Å². The van der Waals surface area contributed by atoms with Gasteiger partial charge in [0.1, 0.15) is 29.7 Å². The molecule has 1 spiro atoms. The number of rotatable bonds is 4. The van der Waals surface area contributed by atoms with Crippen molar-refractivity contribution >= 4 is 11.8 Å². The first-order valence-electron chi connectivity index (χ1n) is 12.7. The van der Waals surface area contributed by atoms with E-state index in [4.69, 9.17) is 34.7 Å². The standard InChI is InChI=1S/C29H32N4O4/c1-28(2,3)17-35-21-6-8-25-23(15-21)29(18-36-27(30)32-29)22-14-19(4-7-24(22)37-25)20-5-9-26(31-16-20)33-10-12-34-13-11-33/h4-9,14-16H,10-13,17-18H2,1-3H3,(H2,30,32)/t29-/m0/s1. The summed E-state index contributed by atoms with van der Waals surface area (Å²) in [5.41, 5.74) is 9.12. The van der Waals surface area contributed by atoms with Crippen LogP contribution in [0.15, 0.2) is 59.7 Å². The van der Waals surface area contributed by atoms with Gasteiger partial charge in [0.25, 0.3) is 6.02 Å². The maximum absolute atomic E-state index is 6.33. The van der Waals surface area contributed by atoms with E-state index in [9.17, 15) is 0 Å². The minimum atomic E-state index is -0.814. The quantitative estimate of drug-likeness (QED) is 0.555. The molecule has 0 amide bonds. The van der Waals surface area contributed by atoms with E-state index in [1.165, 1.54) is 0 Å². The zero-order chi connectivity index (χ0) is 25.6. The van der Waals surface area contributed by atoms with Crippen molar-refractivity contribution in [1.82, 2.24) is 4.98 Å². The molecule has 8 nitrogen and oxygen atoms in total. The zero-order valence-corrected chi connectivity index (χ0v) is 21.5. The number of nitrogens with zero attached hydrogens (tertiary/aromatic N) is 3. The maximum atomic E-state index is 6.33. The Morgan fingerprint density at radius 2 is 1.70 bits per heavy atom. The highest BCUT2D eigenvalue weighted by molar-refractivity contribution is 5.78. The second-order valence-electron chi connectivity index (χ2n) is 10.9. The first-order valence-corrected chi connectivity index (χ1v) is 12.7. The Bertz CT molecular complexity index is 1340. The van der Waals surface area contributed by atoms with Gasteiger partial charge in [-0.15, -0.1) is 0 Å². The van der Waals surface area contributed by atoms with Crippen LogP contribution in [0.4, 0.5) is 5.82 Å². The van der Waals surface area contributed by atoms with E-state index in [1.54, 1.807) is 0 Å². The highest BCUT2D eigenvalue weighted by Crippen LogP contribution is 2.52. The molecule has 0 saturated carbocycles. The van der Waals surface area contributed by atoms with Crippen LogP contribution in [0, 0.1) is 5.41 Å². The second kappa shape index (κ2) is 8.95. The first kappa shape index (κ1) is 23.6. The number of fused-ring (bicyclic) bond motifs is 4. The van der Waals surface area contributed by atoms with Crippen molar-refractivity contribution in [3.63, 3.8) is 0 Å². The maximum Gasteiger partial charge on any atom is 0.283 e. The molecule has 0 unspecified atom stereocenters. The SMILES string of the molecule is CC(C)(C)COc1ccc2c(c1)[C@]1(COC(N)=N1)c1cc(-c3ccc(N4CCOCC4)nc3)ccc1O2. The van der Waals surface area contributed by atoms with Crippen molar-refractivity contribution in [1.29, 1.82) is 0 Å². The number of morpholine rings is 1. The third-order valence-electron chi connectivity index (χ3n) is 6.86. The number of aliphatic imine (C=N–C) groups is 1. The number of amidine groups is 1. The number of ether oxygens (including phenoxy) is 4. The normalized spacial score (nSPS) is 20.5. The number of aromatic nitrogens is 1. The first-order chi connectivity index (χ1) is 17.8. The molecule has 1 saturated heterocycles. The Hall–Kier alpha value is -3.78. The van der Waals surface area contributed by atoms with Crippen LogP contribution in [0.2, 0.25) is 0 Å². The van der Waals surface area contributed by atoms with E-state index in [-0.39, 0.29) is 11.4 Å². The van der Waals surface area contributed by atoms with Gasteiger partial charge >= 0.3 is 0 Å². The van der Waals surface area contributed by atoms with Gasteiger partial charge in [0, 0.05) is 36.0 Å². The Balaban J connectivity index is 1.37. The van der Waals surface area contributed by atoms with Crippen LogP contribution in [-0.2, 0) is 15.0 Å². The average Bonchev–Trinajstić information content (AvgIpc) is 3.30. The van der Waals surface area contributed by atoms with Crippen molar-refractivity contribution < 1.29 is 18.9 Å². The molecule has 37 heavy (non-hydrogen) atoms. The van der Waals surface area contributed by atoms with Crippen molar-refractivity contribution in [2.24, 2.45) is 16.1 Å². The summed E-state index contributed by atoms with van der Waals surface area (Å²) in [5.74, 6) is 3.18. The Morgan fingerprint density at radius 1 is 0.973 bits per heavy atom. The number of pyridine rings is 1. The molecular weight excluding hydrogens is 468 g/mol. The van der Waals surface area contributed by atoms with Crippen molar-refractivity contribution in [2.75, 3.05) is 44.4 Å². The fraction of sp³-hybridized carbons (Fsp3) is 0.379. The molecule has 8 heteroatoms. The third-order valence-corrected chi connectivity index (χ3v) is 6.86. The molecule has 1 fully saturated rings. The van der Waals surface area contributed by atoms with Crippen LogP contribution in [0.5, 0.6) is 17.2 Å². The summed E-state index contributed by atoms with van der Waals surface area (Å²) in [6.45, 7) is 10.5. The van der Waals surface area contributed by atoms with E-state index in [1.807, 2.05) is 36.5 Å². The molecule has 1 atom stereocenters. The summed E-state index contributed by atoms with van der Waals surface area (Å²) in [7, 11) is 0. The third kappa shape index (κ3) is 4.46. The van der Waals surface area contributed by atoms with E-state index in [0.29, 0.717) is 13.2 Å². The molecule has 1 aromatic heterocycles. The number of hydrogen-bond acceptors (Lipinski definition) is 8. The summed E-state index contributed by atoms with van der Waals surface area (Å²) in [6.07, 6.45) is 1.91. The molecule has 0 bridgehead atoms. The predicted molar refractivity (Wildman–Crippen MR) is 143 cm³/mol. The molecule has 3 aliphatic heterocycles. The number of nitrogens with two attached hydrogens (primary N) is 1. The molecule has 2 N–H and O–H groups in total. The van der Waals surface area contributed by atoms with Crippen LogP contribution >= 0.6 is 0 Å². The molecule has 3 aliphatic rings. The molecule has 4 heterocycles. The summed E-state index contributed by atoms with van der Waals surface area (Å²) in [4.78, 5) is 11.8. The van der Waals surface area contributed by atoms with E-state index >= 15 is 0 Å². The summed E-state index contributed by atoms with van der Waals surface area (Å²) in [5, 5.41) is 0. The number of anilines is 1. The summed E-state index contributed by atoms with van der Waals surface area (Å²) < 4.78 is 23.7. The van der Waals surface area contributed by atoms with Crippen LogP contribution in [0.1, 0.15) is 31.9 Å². The van der Waals surface area contributed by atoms with Gasteiger partial charge in [-0.3, -0.25) is 0 Å². The highest BCUT2D eigenvalue weighted by Gasteiger charge is 2.47. The summed E-state index contributed by atoms with van der Waals surface area (Å²) in [6, 6.07) is 16.3. The Kier molecular flexibility index (Phi) is 5.71. The van der Waals surface area contributed by atoms with Gasteiger partial charge < -0.3 is 29.6 Å². The van der Waals surface area contributed by atoms with Crippen molar-refractivity contribution in [2.45, 2.75) is 26.3 Å². The number of benzene rings is 2. The van der Waals surface area contributed by atoms with Gasteiger partial charge in [-0.25, -0.2) is 9.98 Å². The van der Waals surface area contributed by atoms with Gasteiger partial charge in [-0.2, -0.15) is 0 Å². The van der Waals surface area contributed by atoms with Crippen LogP contribution in [-0.4, -0.2) is 50.5 Å². The summed E-state index contributed by atoms with van der Waals surface area (Å²) >= 11 is 0. The lowest BCUT2D eigenvalue weighted by molar-refractivity contribution is 0.122. The molecule has 3 aromatic rings. The zero-order valence-electron chi connectivity index (χ0n) is 21.5. The fourth-order valence-corrected chi connectivity index (χ4v) is 4.94. The second-order valence-corrected chi connectivity index (χ2v) is 10.9. The minimum absolute atomic E-state index is 0.0377. The van der Waals surface area contributed by atoms with E-state index in [2.05, 4.69) is 43.9 Å². The molecule has 6 rings (SSSR count). The molecule has 0 radical (unpaired) electrons. The lowest BCUT2D eigenvalue weighted by Crippen LogP contribution is -2.36. The van der Waals surface area contributed by atoms with Gasteiger partial charge in [-0.1, -0.05) is 26.8 Å². The van der Waals surface area contributed by atoms with Gasteiger partial charge in [0.15, 0.2) is 5.54 Å². The van der Waals surface area contributed by atoms with Crippen LogP contribution in [0.3, 0.4) is 0 Å². The molecule has 0 aliphatic carbocycles. The van der Waals surface area contributed by atoms with Crippen LogP contribution < -0.4 is 20.1 Å². The number of hydrogen-bond donors (Lipinski definition) is 1. The Labute approximate surface area is 217 Å². The molecule has 192 valence electrons. The van der Waals surface area contributed by atoms with Crippen molar-refractivity contribution in [3.8, 4) is 28.4 Å². The lowest BCUT2D eigenvalue weighted by Gasteiger charge is -2.34. The largest absolute Gasteiger partial charge is 0.493 e. The van der Waals surface area contributed by atoms with Crippen molar-refractivity contribution in [3.05, 3.63) is 65.9 Å². The van der Waals surface area contributed by atoms with Crippen LogP contribution in [0.25, 0.3) is 11.1 Å². The van der Waals surface area contributed by atoms with Gasteiger partial charge in [0.05, 0.1) is 19.8 Å². The van der Waals surface area contributed by atoms with Gasteiger partial charge in [0.2, 0.25) is 0 Å². The molecule has 2 aromatic carbocycles.